The molecule has 1 aliphatic heterocycles. The van der Waals surface area contributed by atoms with Crippen molar-refractivity contribution in [1.29, 1.82) is 0 Å². The fourth-order valence-corrected chi connectivity index (χ4v) is 4.22. The molecule has 0 spiro atoms. The number of rotatable bonds is 6. The van der Waals surface area contributed by atoms with Crippen LogP contribution in [-0.4, -0.2) is 39.6 Å². The summed E-state index contributed by atoms with van der Waals surface area (Å²) in [6.07, 6.45) is 7.18. The standard InChI is InChI=1S/C20H31N3O/c1-22(2)18-11-9-16(10-12-18)19(23-13-5-6-14-23)15-21-20(24)17-7-3-4-8-17/h9-12,17,19H,3-8,13-15H2,1-2H3,(H,21,24)/p+1/t19-/m0/s1. The van der Waals surface area contributed by atoms with E-state index in [4.69, 9.17) is 0 Å². The van der Waals surface area contributed by atoms with Gasteiger partial charge < -0.3 is 15.1 Å². The lowest BCUT2D eigenvalue weighted by Crippen LogP contribution is -3.11. The highest BCUT2D eigenvalue weighted by Gasteiger charge is 2.29. The molecule has 1 saturated heterocycles. The molecule has 0 aromatic heterocycles. The molecule has 2 fully saturated rings. The lowest BCUT2D eigenvalue weighted by Gasteiger charge is -2.26. The van der Waals surface area contributed by atoms with Crippen LogP contribution in [0, 0.1) is 5.92 Å². The predicted molar refractivity (Wildman–Crippen MR) is 98.4 cm³/mol. The Balaban J connectivity index is 1.67. The van der Waals surface area contributed by atoms with E-state index < -0.39 is 0 Å². The molecule has 1 aliphatic carbocycles. The van der Waals surface area contributed by atoms with E-state index in [1.54, 1.807) is 4.90 Å². The van der Waals surface area contributed by atoms with E-state index in [1.807, 2.05) is 0 Å². The molecule has 132 valence electrons. The van der Waals surface area contributed by atoms with Crippen LogP contribution in [0.5, 0.6) is 0 Å². The molecule has 0 bridgehead atoms. The van der Waals surface area contributed by atoms with E-state index in [1.165, 1.54) is 50.0 Å². The van der Waals surface area contributed by atoms with Crippen LogP contribution in [0.4, 0.5) is 5.69 Å². The molecule has 0 unspecified atom stereocenters. The van der Waals surface area contributed by atoms with Crippen molar-refractivity contribution in [3.63, 3.8) is 0 Å². The minimum absolute atomic E-state index is 0.260. The topological polar surface area (TPSA) is 36.8 Å². The largest absolute Gasteiger partial charge is 0.378 e. The maximum Gasteiger partial charge on any atom is 0.223 e. The summed E-state index contributed by atoms with van der Waals surface area (Å²) >= 11 is 0. The van der Waals surface area contributed by atoms with Crippen LogP contribution in [0.15, 0.2) is 24.3 Å². The van der Waals surface area contributed by atoms with Gasteiger partial charge in [-0.05, 0) is 25.0 Å². The van der Waals surface area contributed by atoms with E-state index in [9.17, 15) is 4.79 Å². The molecule has 1 aromatic rings. The van der Waals surface area contributed by atoms with Crippen molar-refractivity contribution in [3.8, 4) is 0 Å². The smallest absolute Gasteiger partial charge is 0.223 e. The second-order valence-electron chi connectivity index (χ2n) is 7.63. The van der Waals surface area contributed by atoms with Crippen molar-refractivity contribution in [1.82, 2.24) is 5.32 Å². The number of carbonyl (C=O) groups excluding carboxylic acids is 1. The summed E-state index contributed by atoms with van der Waals surface area (Å²) in [5.74, 6) is 0.538. The van der Waals surface area contributed by atoms with E-state index >= 15 is 0 Å². The number of hydrogen-bond donors (Lipinski definition) is 2. The third kappa shape index (κ3) is 4.10. The Morgan fingerprint density at radius 2 is 1.75 bits per heavy atom. The van der Waals surface area contributed by atoms with Gasteiger partial charge in [-0.1, -0.05) is 25.0 Å². The van der Waals surface area contributed by atoms with Gasteiger partial charge in [0.15, 0.2) is 0 Å². The molecular weight excluding hydrogens is 298 g/mol. The van der Waals surface area contributed by atoms with Gasteiger partial charge >= 0.3 is 0 Å². The summed E-state index contributed by atoms with van der Waals surface area (Å²) in [5.41, 5.74) is 2.58. The minimum atomic E-state index is 0.260. The molecule has 4 heteroatoms. The number of benzene rings is 1. The van der Waals surface area contributed by atoms with E-state index in [-0.39, 0.29) is 11.8 Å². The maximum atomic E-state index is 12.4. The maximum absolute atomic E-state index is 12.4. The molecule has 2 N–H and O–H groups in total. The fraction of sp³-hybridized carbons (Fsp3) is 0.650. The molecule has 1 amide bonds. The first-order valence-corrected chi connectivity index (χ1v) is 9.54. The Morgan fingerprint density at radius 3 is 2.33 bits per heavy atom. The van der Waals surface area contributed by atoms with Crippen molar-refractivity contribution in [2.75, 3.05) is 38.6 Å². The third-order valence-corrected chi connectivity index (χ3v) is 5.76. The van der Waals surface area contributed by atoms with Crippen LogP contribution in [0.1, 0.15) is 50.1 Å². The predicted octanol–water partition coefficient (Wildman–Crippen LogP) is 1.78. The molecular formula is C20H32N3O+. The average Bonchev–Trinajstić information content (AvgIpc) is 3.29. The van der Waals surface area contributed by atoms with Crippen LogP contribution in [0.2, 0.25) is 0 Å². The minimum Gasteiger partial charge on any atom is -0.378 e. The number of nitrogens with one attached hydrogen (secondary N) is 2. The SMILES string of the molecule is CN(C)c1ccc([C@H](CNC(=O)C2CCCC2)[NH+]2CCCC2)cc1. The zero-order valence-electron chi connectivity index (χ0n) is 15.2. The van der Waals surface area contributed by atoms with Gasteiger partial charge in [-0.3, -0.25) is 4.79 Å². The third-order valence-electron chi connectivity index (χ3n) is 5.76. The normalized spacial score (nSPS) is 20.2. The molecule has 1 aromatic carbocycles. The van der Waals surface area contributed by atoms with Crippen LogP contribution in [0.3, 0.4) is 0 Å². The first-order valence-electron chi connectivity index (χ1n) is 9.54. The van der Waals surface area contributed by atoms with Gasteiger partial charge in [-0.2, -0.15) is 0 Å². The molecule has 1 heterocycles. The van der Waals surface area contributed by atoms with Gasteiger partial charge in [0.2, 0.25) is 5.91 Å². The van der Waals surface area contributed by atoms with Gasteiger partial charge in [0, 0.05) is 44.1 Å². The molecule has 24 heavy (non-hydrogen) atoms. The van der Waals surface area contributed by atoms with Gasteiger partial charge in [0.25, 0.3) is 0 Å². The molecule has 1 saturated carbocycles. The van der Waals surface area contributed by atoms with Crippen LogP contribution in [-0.2, 0) is 4.79 Å². The zero-order chi connectivity index (χ0) is 16.9. The second-order valence-corrected chi connectivity index (χ2v) is 7.63. The van der Waals surface area contributed by atoms with E-state index in [0.717, 1.165) is 19.4 Å². The fourth-order valence-electron chi connectivity index (χ4n) is 4.22. The summed E-state index contributed by atoms with van der Waals surface area (Å²) in [6.45, 7) is 3.21. The highest BCUT2D eigenvalue weighted by Crippen LogP contribution is 2.25. The first-order chi connectivity index (χ1) is 11.6. The summed E-state index contributed by atoms with van der Waals surface area (Å²) in [5, 5.41) is 3.27. The van der Waals surface area contributed by atoms with Crippen molar-refractivity contribution in [3.05, 3.63) is 29.8 Å². The average molecular weight is 330 g/mol. The Labute approximate surface area is 146 Å². The number of quaternary nitrogens is 1. The Kier molecular flexibility index (Phi) is 5.77. The number of likely N-dealkylation sites (tertiary alicyclic amines) is 1. The molecule has 3 rings (SSSR count). The van der Waals surface area contributed by atoms with Gasteiger partial charge in [-0.15, -0.1) is 0 Å². The lowest BCUT2D eigenvalue weighted by atomic mass is 10.0. The van der Waals surface area contributed by atoms with E-state index in [2.05, 4.69) is 48.6 Å². The summed E-state index contributed by atoms with van der Waals surface area (Å²) < 4.78 is 0. The summed E-state index contributed by atoms with van der Waals surface area (Å²) in [7, 11) is 4.14. The number of amides is 1. The summed E-state index contributed by atoms with van der Waals surface area (Å²) in [4.78, 5) is 16.2. The zero-order valence-corrected chi connectivity index (χ0v) is 15.2. The number of nitrogens with zero attached hydrogens (tertiary/aromatic N) is 1. The summed E-state index contributed by atoms with van der Waals surface area (Å²) in [6, 6.07) is 9.25. The van der Waals surface area contributed by atoms with Crippen molar-refractivity contribution < 1.29 is 9.69 Å². The first kappa shape index (κ1) is 17.3. The highest BCUT2D eigenvalue weighted by atomic mass is 16.1. The number of carbonyl (C=O) groups is 1. The van der Waals surface area contributed by atoms with Gasteiger partial charge in [0.05, 0.1) is 19.6 Å². The van der Waals surface area contributed by atoms with Gasteiger partial charge in [0.1, 0.15) is 6.04 Å². The van der Waals surface area contributed by atoms with Crippen LogP contribution < -0.4 is 15.1 Å². The van der Waals surface area contributed by atoms with Crippen LogP contribution >= 0.6 is 0 Å². The Morgan fingerprint density at radius 1 is 1.12 bits per heavy atom. The number of anilines is 1. The Hall–Kier alpha value is -1.55. The monoisotopic (exact) mass is 330 g/mol. The molecule has 1 atom stereocenters. The lowest BCUT2D eigenvalue weighted by molar-refractivity contribution is -0.918. The van der Waals surface area contributed by atoms with Crippen molar-refractivity contribution in [2.24, 2.45) is 5.92 Å². The molecule has 4 nitrogen and oxygen atoms in total. The molecule has 2 aliphatic rings. The number of hydrogen-bond acceptors (Lipinski definition) is 2. The van der Waals surface area contributed by atoms with Crippen molar-refractivity contribution >= 4 is 11.6 Å². The molecule has 0 radical (unpaired) electrons. The Bertz CT molecular complexity index is 528. The quantitative estimate of drug-likeness (QED) is 0.834. The van der Waals surface area contributed by atoms with Gasteiger partial charge in [-0.25, -0.2) is 0 Å². The second kappa shape index (κ2) is 8.02. The highest BCUT2D eigenvalue weighted by molar-refractivity contribution is 5.78. The van der Waals surface area contributed by atoms with E-state index in [0.29, 0.717) is 6.04 Å². The van der Waals surface area contributed by atoms with Crippen molar-refractivity contribution in [2.45, 2.75) is 44.6 Å². The van der Waals surface area contributed by atoms with Crippen LogP contribution in [0.25, 0.3) is 0 Å².